The number of benzene rings is 2. The molecule has 2 N–H and O–H groups in total. The minimum atomic E-state index is -4.58. The molecule has 2 rings (SSSR count). The van der Waals surface area contributed by atoms with E-state index >= 15 is 0 Å². The lowest BCUT2D eigenvalue weighted by molar-refractivity contribution is -0.384. The number of hydrogen-bond donors (Lipinski definition) is 2. The van der Waals surface area contributed by atoms with Crippen LogP contribution in [0.4, 0.5) is 34.6 Å². The summed E-state index contributed by atoms with van der Waals surface area (Å²) in [6, 6.07) is 6.72. The first kappa shape index (κ1) is 20.9. The van der Waals surface area contributed by atoms with Crippen molar-refractivity contribution < 1.29 is 32.0 Å². The third-order valence-corrected chi connectivity index (χ3v) is 3.48. The van der Waals surface area contributed by atoms with E-state index in [4.69, 9.17) is 0 Å². The van der Waals surface area contributed by atoms with Crippen molar-refractivity contribution in [1.82, 2.24) is 0 Å². The number of halogens is 4. The van der Waals surface area contributed by atoms with E-state index in [1.807, 2.05) is 0 Å². The molecule has 0 unspecified atom stereocenters. The lowest BCUT2D eigenvalue weighted by Gasteiger charge is -2.15. The van der Waals surface area contributed by atoms with E-state index in [0.717, 1.165) is 18.2 Å². The molecule has 0 spiro atoms. The molecule has 0 aromatic heterocycles. The van der Waals surface area contributed by atoms with Gasteiger partial charge in [-0.25, -0.2) is 4.39 Å². The molecule has 0 radical (unpaired) electrons. The molecule has 7 nitrogen and oxygen atoms in total. The van der Waals surface area contributed by atoms with Gasteiger partial charge in [0.2, 0.25) is 5.91 Å². The average Bonchev–Trinajstić information content (AvgIpc) is 2.60. The molecule has 2 aromatic carbocycles. The maximum absolute atomic E-state index is 13.4. The topological polar surface area (TPSA) is 93.5 Å². The molecule has 150 valence electrons. The van der Waals surface area contributed by atoms with Crippen molar-refractivity contribution in [2.24, 2.45) is 0 Å². The van der Waals surface area contributed by atoms with Crippen molar-refractivity contribution in [2.75, 3.05) is 23.8 Å². The maximum Gasteiger partial charge on any atom is 0.422 e. The van der Waals surface area contributed by atoms with Crippen molar-refractivity contribution in [3.8, 4) is 5.75 Å². The van der Waals surface area contributed by atoms with E-state index < -0.39 is 36.0 Å². The van der Waals surface area contributed by atoms with Crippen LogP contribution < -0.4 is 15.4 Å². The predicted molar refractivity (Wildman–Crippen MR) is 92.9 cm³/mol. The third-order valence-electron chi connectivity index (χ3n) is 3.48. The van der Waals surface area contributed by atoms with Crippen molar-refractivity contribution in [2.45, 2.75) is 13.1 Å². The summed E-state index contributed by atoms with van der Waals surface area (Å²) in [4.78, 5) is 22.3. The number of carbonyl (C=O) groups is 1. The fourth-order valence-electron chi connectivity index (χ4n) is 2.15. The Balaban J connectivity index is 2.06. The highest BCUT2D eigenvalue weighted by atomic mass is 19.4. The van der Waals surface area contributed by atoms with E-state index in [-0.39, 0.29) is 22.8 Å². The Labute approximate surface area is 156 Å². The Hall–Kier alpha value is -3.37. The summed E-state index contributed by atoms with van der Waals surface area (Å²) in [6.45, 7) is -0.386. The van der Waals surface area contributed by atoms with Crippen LogP contribution in [0.25, 0.3) is 0 Å². The highest BCUT2D eigenvalue weighted by molar-refractivity contribution is 5.94. The second kappa shape index (κ2) is 8.55. The predicted octanol–water partition coefficient (Wildman–Crippen LogP) is 4.03. The van der Waals surface area contributed by atoms with Crippen molar-refractivity contribution in [1.29, 1.82) is 0 Å². The molecule has 11 heteroatoms. The molecule has 1 amide bonds. The van der Waals surface area contributed by atoms with Crippen LogP contribution >= 0.6 is 0 Å². The monoisotopic (exact) mass is 401 g/mol. The first-order chi connectivity index (χ1) is 13.0. The van der Waals surface area contributed by atoms with Gasteiger partial charge in [-0.2, -0.15) is 13.2 Å². The summed E-state index contributed by atoms with van der Waals surface area (Å²) in [5.41, 5.74) is 0.407. The first-order valence-electron chi connectivity index (χ1n) is 7.83. The molecule has 0 bridgehead atoms. The fourth-order valence-corrected chi connectivity index (χ4v) is 2.15. The second-order valence-electron chi connectivity index (χ2n) is 5.70. The Morgan fingerprint density at radius 1 is 1.18 bits per heavy atom. The number of anilines is 2. The lowest BCUT2D eigenvalue weighted by Crippen LogP contribution is -2.23. The van der Waals surface area contributed by atoms with Gasteiger partial charge in [-0.1, -0.05) is 6.07 Å². The van der Waals surface area contributed by atoms with Gasteiger partial charge in [-0.15, -0.1) is 0 Å². The van der Waals surface area contributed by atoms with Gasteiger partial charge in [0.15, 0.2) is 6.61 Å². The fraction of sp³-hybridized carbons (Fsp3) is 0.235. The number of carbonyl (C=O) groups excluding carboxylic acids is 1. The highest BCUT2D eigenvalue weighted by Crippen LogP contribution is 2.27. The molecule has 28 heavy (non-hydrogen) atoms. The summed E-state index contributed by atoms with van der Waals surface area (Å²) in [7, 11) is 0. The van der Waals surface area contributed by atoms with Crippen molar-refractivity contribution in [3.63, 3.8) is 0 Å². The molecule has 0 saturated carbocycles. The van der Waals surface area contributed by atoms with E-state index in [1.54, 1.807) is 6.92 Å². The van der Waals surface area contributed by atoms with Gasteiger partial charge in [-0.05, 0) is 24.6 Å². The smallest absolute Gasteiger partial charge is 0.422 e. The number of ether oxygens (including phenoxy) is 1. The zero-order valence-corrected chi connectivity index (χ0v) is 14.5. The normalized spacial score (nSPS) is 11.0. The minimum Gasteiger partial charge on any atom is -0.482 e. The van der Waals surface area contributed by atoms with Crippen LogP contribution in [-0.4, -0.2) is 30.2 Å². The third kappa shape index (κ3) is 6.11. The van der Waals surface area contributed by atoms with Crippen LogP contribution in [0.2, 0.25) is 0 Å². The van der Waals surface area contributed by atoms with Crippen LogP contribution in [0.5, 0.6) is 5.75 Å². The molecule has 0 aliphatic rings. The standard InChI is InChI=1S/C17H15F4N3O4/c1-10-2-4-12(24(26)27)7-13(10)23-16(25)8-22-14-6-11(18)3-5-15(14)28-9-17(19,20)21/h2-7,22H,8-9H2,1H3,(H,23,25). The number of alkyl halides is 3. The molecule has 2 aromatic rings. The number of nitrogens with zero attached hydrogens (tertiary/aromatic N) is 1. The summed E-state index contributed by atoms with van der Waals surface area (Å²) < 4.78 is 54.9. The van der Waals surface area contributed by atoms with E-state index in [2.05, 4.69) is 15.4 Å². The van der Waals surface area contributed by atoms with Crippen LogP contribution in [-0.2, 0) is 4.79 Å². The van der Waals surface area contributed by atoms with Crippen LogP contribution in [0.15, 0.2) is 36.4 Å². The molecule has 0 saturated heterocycles. The number of hydrogen-bond acceptors (Lipinski definition) is 5. The van der Waals surface area contributed by atoms with Gasteiger partial charge in [0.05, 0.1) is 22.8 Å². The summed E-state index contributed by atoms with van der Waals surface area (Å²) in [5.74, 6) is -1.66. The molecule has 0 aliphatic carbocycles. The number of nitro benzene ring substituents is 1. The molecular weight excluding hydrogens is 386 g/mol. The van der Waals surface area contributed by atoms with Crippen LogP contribution in [0, 0.1) is 22.9 Å². The number of rotatable bonds is 7. The first-order valence-corrected chi connectivity index (χ1v) is 7.83. The van der Waals surface area contributed by atoms with Crippen LogP contribution in [0.1, 0.15) is 5.56 Å². The quantitative estimate of drug-likeness (QED) is 0.415. The number of nitrogens with one attached hydrogen (secondary N) is 2. The number of nitro groups is 1. The second-order valence-corrected chi connectivity index (χ2v) is 5.70. The SMILES string of the molecule is Cc1ccc([N+](=O)[O-])cc1NC(=O)CNc1cc(F)ccc1OCC(F)(F)F. The number of non-ortho nitro benzene ring substituents is 1. The lowest BCUT2D eigenvalue weighted by atomic mass is 10.2. The van der Waals surface area contributed by atoms with Gasteiger partial charge < -0.3 is 15.4 Å². The van der Waals surface area contributed by atoms with Crippen LogP contribution in [0.3, 0.4) is 0 Å². The van der Waals surface area contributed by atoms with Crippen molar-refractivity contribution in [3.05, 3.63) is 57.9 Å². The van der Waals surface area contributed by atoms with Gasteiger partial charge in [0.25, 0.3) is 5.69 Å². The average molecular weight is 401 g/mol. The minimum absolute atomic E-state index is 0.143. The zero-order chi connectivity index (χ0) is 20.9. The number of amides is 1. The Bertz CT molecular complexity index is 887. The molecular formula is C17H15F4N3O4. The van der Waals surface area contributed by atoms with Gasteiger partial charge in [0, 0.05) is 18.2 Å². The molecule has 0 aliphatic heterocycles. The Morgan fingerprint density at radius 3 is 2.54 bits per heavy atom. The largest absolute Gasteiger partial charge is 0.482 e. The van der Waals surface area contributed by atoms with E-state index in [9.17, 15) is 32.5 Å². The summed E-state index contributed by atoms with van der Waals surface area (Å²) in [5, 5.41) is 15.7. The Kier molecular flexibility index (Phi) is 6.39. The molecule has 0 heterocycles. The zero-order valence-electron chi connectivity index (χ0n) is 14.5. The highest BCUT2D eigenvalue weighted by Gasteiger charge is 2.29. The molecule has 0 atom stereocenters. The maximum atomic E-state index is 13.4. The van der Waals surface area contributed by atoms with Gasteiger partial charge >= 0.3 is 6.18 Å². The van der Waals surface area contributed by atoms with Gasteiger partial charge in [-0.3, -0.25) is 14.9 Å². The van der Waals surface area contributed by atoms with E-state index in [1.165, 1.54) is 18.2 Å². The van der Waals surface area contributed by atoms with E-state index in [0.29, 0.717) is 5.56 Å². The molecule has 0 fully saturated rings. The van der Waals surface area contributed by atoms with Gasteiger partial charge in [0.1, 0.15) is 11.6 Å². The van der Waals surface area contributed by atoms with Crippen molar-refractivity contribution >= 4 is 23.0 Å². The number of aryl methyl sites for hydroxylation is 1. The Morgan fingerprint density at radius 2 is 1.89 bits per heavy atom. The summed E-state index contributed by atoms with van der Waals surface area (Å²) >= 11 is 0. The summed E-state index contributed by atoms with van der Waals surface area (Å²) in [6.07, 6.45) is -4.58.